The minimum absolute atomic E-state index is 0.650. The normalized spacial score (nSPS) is 10.5. The zero-order valence-electron chi connectivity index (χ0n) is 10.3. The van der Waals surface area contributed by atoms with Gasteiger partial charge in [-0.3, -0.25) is 0 Å². The molecule has 0 saturated heterocycles. The average molecular weight is 265 g/mol. The number of nitriles is 1. The lowest BCUT2D eigenvalue weighted by Crippen LogP contribution is -1.86. The molecule has 92 valence electrons. The van der Waals surface area contributed by atoms with Gasteiger partial charge in [0.15, 0.2) is 0 Å². The van der Waals surface area contributed by atoms with Gasteiger partial charge >= 0.3 is 0 Å². The van der Waals surface area contributed by atoms with E-state index in [1.54, 1.807) is 23.5 Å². The van der Waals surface area contributed by atoms with Crippen molar-refractivity contribution in [2.24, 2.45) is 0 Å². The van der Waals surface area contributed by atoms with Gasteiger partial charge in [0, 0.05) is 11.1 Å². The minimum Gasteiger partial charge on any atom is -0.397 e. The second-order valence-electron chi connectivity index (χ2n) is 4.34. The van der Waals surface area contributed by atoms with Crippen molar-refractivity contribution >= 4 is 27.2 Å². The third kappa shape index (κ3) is 1.94. The molecule has 2 aromatic heterocycles. The summed E-state index contributed by atoms with van der Waals surface area (Å²) in [6.45, 7) is 1.97. The molecule has 0 saturated carbocycles. The van der Waals surface area contributed by atoms with Gasteiger partial charge in [-0.1, -0.05) is 12.1 Å². The van der Waals surface area contributed by atoms with E-state index >= 15 is 0 Å². The summed E-state index contributed by atoms with van der Waals surface area (Å²) in [6.07, 6.45) is 0. The van der Waals surface area contributed by atoms with Crippen LogP contribution in [0, 0.1) is 18.3 Å². The topological polar surface area (TPSA) is 62.7 Å². The summed E-state index contributed by atoms with van der Waals surface area (Å²) in [5, 5.41) is 9.81. The Labute approximate surface area is 114 Å². The molecule has 0 atom stereocenters. The van der Waals surface area contributed by atoms with E-state index in [-0.39, 0.29) is 0 Å². The summed E-state index contributed by atoms with van der Waals surface area (Å²) in [6, 6.07) is 13.5. The second kappa shape index (κ2) is 4.38. The van der Waals surface area contributed by atoms with Crippen molar-refractivity contribution in [3.8, 4) is 16.5 Å². The number of nitrogens with two attached hydrogens (primary N) is 1. The lowest BCUT2D eigenvalue weighted by molar-refractivity contribution is 1.27. The molecule has 0 aliphatic heterocycles. The van der Waals surface area contributed by atoms with Crippen LogP contribution < -0.4 is 5.73 Å². The molecular weight excluding hydrogens is 254 g/mol. The SMILES string of the molecule is Cc1ccc2c(N)c(-c3ccc(C#N)cc3)sc2n1. The number of nitrogens with zero attached hydrogens (tertiary/aromatic N) is 2. The smallest absolute Gasteiger partial charge is 0.126 e. The number of thiophene rings is 1. The van der Waals surface area contributed by atoms with E-state index < -0.39 is 0 Å². The van der Waals surface area contributed by atoms with Crippen LogP contribution in [-0.4, -0.2) is 4.98 Å². The van der Waals surface area contributed by atoms with Crippen molar-refractivity contribution in [1.29, 1.82) is 5.26 Å². The van der Waals surface area contributed by atoms with Gasteiger partial charge in [0.2, 0.25) is 0 Å². The summed E-state index contributed by atoms with van der Waals surface area (Å²) < 4.78 is 0. The highest BCUT2D eigenvalue weighted by Gasteiger charge is 2.12. The van der Waals surface area contributed by atoms with Gasteiger partial charge in [-0.2, -0.15) is 5.26 Å². The Morgan fingerprint density at radius 3 is 2.58 bits per heavy atom. The van der Waals surface area contributed by atoms with Crippen LogP contribution in [0.2, 0.25) is 0 Å². The van der Waals surface area contributed by atoms with Gasteiger partial charge in [-0.05, 0) is 36.8 Å². The number of hydrogen-bond donors (Lipinski definition) is 1. The third-order valence-corrected chi connectivity index (χ3v) is 4.17. The van der Waals surface area contributed by atoms with E-state index in [0.29, 0.717) is 5.56 Å². The maximum atomic E-state index is 8.82. The highest BCUT2D eigenvalue weighted by Crippen LogP contribution is 2.39. The molecule has 19 heavy (non-hydrogen) atoms. The number of pyridine rings is 1. The number of anilines is 1. The molecule has 3 rings (SSSR count). The Kier molecular flexibility index (Phi) is 2.69. The zero-order chi connectivity index (χ0) is 13.4. The van der Waals surface area contributed by atoms with E-state index in [2.05, 4.69) is 11.1 Å². The van der Waals surface area contributed by atoms with Crippen LogP contribution in [0.5, 0.6) is 0 Å². The van der Waals surface area contributed by atoms with Crippen molar-refractivity contribution in [2.45, 2.75) is 6.92 Å². The first-order chi connectivity index (χ1) is 9.19. The molecular formula is C15H11N3S. The lowest BCUT2D eigenvalue weighted by atomic mass is 10.1. The van der Waals surface area contributed by atoms with Crippen molar-refractivity contribution in [3.63, 3.8) is 0 Å². The van der Waals surface area contributed by atoms with Gasteiger partial charge in [0.1, 0.15) is 4.83 Å². The lowest BCUT2D eigenvalue weighted by Gasteiger charge is -1.99. The Balaban J connectivity index is 2.19. The Bertz CT molecular complexity index is 795. The van der Waals surface area contributed by atoms with E-state index in [1.807, 2.05) is 31.2 Å². The van der Waals surface area contributed by atoms with Crippen molar-refractivity contribution < 1.29 is 0 Å². The van der Waals surface area contributed by atoms with Crippen molar-refractivity contribution in [3.05, 3.63) is 47.7 Å². The molecule has 0 radical (unpaired) electrons. The molecule has 0 spiro atoms. The Morgan fingerprint density at radius 2 is 1.89 bits per heavy atom. The Hall–Kier alpha value is -2.38. The first kappa shape index (κ1) is 11.7. The van der Waals surface area contributed by atoms with Crippen molar-refractivity contribution in [1.82, 2.24) is 4.98 Å². The molecule has 2 N–H and O–H groups in total. The van der Waals surface area contributed by atoms with E-state index in [1.165, 1.54) is 0 Å². The van der Waals surface area contributed by atoms with Crippen LogP contribution >= 0.6 is 11.3 Å². The molecule has 0 aliphatic rings. The van der Waals surface area contributed by atoms with Gasteiger partial charge in [0.25, 0.3) is 0 Å². The number of rotatable bonds is 1. The molecule has 3 nitrogen and oxygen atoms in total. The maximum absolute atomic E-state index is 8.82. The minimum atomic E-state index is 0.650. The highest BCUT2D eigenvalue weighted by atomic mass is 32.1. The predicted molar refractivity (Wildman–Crippen MR) is 78.9 cm³/mol. The Morgan fingerprint density at radius 1 is 1.16 bits per heavy atom. The van der Waals surface area contributed by atoms with E-state index in [4.69, 9.17) is 11.0 Å². The quantitative estimate of drug-likeness (QED) is 0.729. The first-order valence-electron chi connectivity index (χ1n) is 5.85. The fraction of sp³-hybridized carbons (Fsp3) is 0.0667. The van der Waals surface area contributed by atoms with Crippen LogP contribution in [0.3, 0.4) is 0 Å². The maximum Gasteiger partial charge on any atom is 0.126 e. The van der Waals surface area contributed by atoms with Crippen LogP contribution in [-0.2, 0) is 0 Å². The van der Waals surface area contributed by atoms with Gasteiger partial charge < -0.3 is 5.73 Å². The van der Waals surface area contributed by atoms with Gasteiger partial charge in [-0.25, -0.2) is 4.98 Å². The molecule has 0 bridgehead atoms. The summed E-state index contributed by atoms with van der Waals surface area (Å²) in [5.74, 6) is 0. The molecule has 1 aromatic carbocycles. The predicted octanol–water partition coefficient (Wildman–Crippen LogP) is 3.73. The fourth-order valence-electron chi connectivity index (χ4n) is 2.00. The number of hydrogen-bond acceptors (Lipinski definition) is 4. The summed E-state index contributed by atoms with van der Waals surface area (Å²) >= 11 is 1.59. The largest absolute Gasteiger partial charge is 0.397 e. The molecule has 3 aromatic rings. The molecule has 0 fully saturated rings. The second-order valence-corrected chi connectivity index (χ2v) is 5.34. The highest BCUT2D eigenvalue weighted by molar-refractivity contribution is 7.22. The molecule has 0 amide bonds. The average Bonchev–Trinajstić information content (AvgIpc) is 2.75. The van der Waals surface area contributed by atoms with Gasteiger partial charge in [0.05, 0.1) is 22.2 Å². The first-order valence-corrected chi connectivity index (χ1v) is 6.67. The van der Waals surface area contributed by atoms with Gasteiger partial charge in [-0.15, -0.1) is 11.3 Å². The van der Waals surface area contributed by atoms with E-state index in [9.17, 15) is 0 Å². The number of benzene rings is 1. The number of aryl methyl sites for hydroxylation is 1. The molecule has 2 heterocycles. The molecule has 0 unspecified atom stereocenters. The fourth-order valence-corrected chi connectivity index (χ4v) is 3.14. The zero-order valence-corrected chi connectivity index (χ0v) is 11.2. The van der Waals surface area contributed by atoms with E-state index in [0.717, 1.165) is 32.0 Å². The van der Waals surface area contributed by atoms with Crippen LogP contribution in [0.4, 0.5) is 5.69 Å². The number of aromatic nitrogens is 1. The summed E-state index contributed by atoms with van der Waals surface area (Å²) in [5.41, 5.74) is 9.62. The number of nitrogen functional groups attached to an aromatic ring is 1. The summed E-state index contributed by atoms with van der Waals surface area (Å²) in [4.78, 5) is 6.47. The van der Waals surface area contributed by atoms with Crippen LogP contribution in [0.1, 0.15) is 11.3 Å². The van der Waals surface area contributed by atoms with Crippen LogP contribution in [0.15, 0.2) is 36.4 Å². The summed E-state index contributed by atoms with van der Waals surface area (Å²) in [7, 11) is 0. The molecule has 4 heteroatoms. The third-order valence-electron chi connectivity index (χ3n) is 3.01. The standard InChI is InChI=1S/C15H11N3S/c1-9-2-7-12-13(17)14(19-15(12)18-9)11-5-3-10(8-16)4-6-11/h2-7H,17H2,1H3. The molecule has 0 aliphatic carbocycles. The monoisotopic (exact) mass is 265 g/mol. The number of fused-ring (bicyclic) bond motifs is 1. The van der Waals surface area contributed by atoms with Crippen LogP contribution in [0.25, 0.3) is 20.7 Å². The van der Waals surface area contributed by atoms with Crippen molar-refractivity contribution in [2.75, 3.05) is 5.73 Å².